The van der Waals surface area contributed by atoms with E-state index in [4.69, 9.17) is 9.47 Å². The molecule has 0 spiro atoms. The monoisotopic (exact) mass is 366 g/mol. The molecule has 2 aromatic carbocycles. The average molecular weight is 366 g/mol. The smallest absolute Gasteiger partial charge is 0.254 e. The number of carbonyl (C=O) groups excluding carboxylic acids is 1. The van der Waals surface area contributed by atoms with Crippen LogP contribution in [0.4, 0.5) is 5.69 Å². The molecule has 27 heavy (non-hydrogen) atoms. The lowest BCUT2D eigenvalue weighted by Gasteiger charge is -2.36. The van der Waals surface area contributed by atoms with Crippen LogP contribution in [0, 0.1) is 0 Å². The van der Waals surface area contributed by atoms with Crippen LogP contribution < -0.4 is 14.4 Å². The van der Waals surface area contributed by atoms with Gasteiger partial charge in [0.2, 0.25) is 0 Å². The Morgan fingerprint density at radius 2 is 1.70 bits per heavy atom. The highest BCUT2D eigenvalue weighted by atomic mass is 16.5. The van der Waals surface area contributed by atoms with E-state index in [0.29, 0.717) is 30.2 Å². The Kier molecular flexibility index (Phi) is 6.01. The molecular weight excluding hydrogens is 340 g/mol. The summed E-state index contributed by atoms with van der Waals surface area (Å²) in [6.07, 6.45) is 3.84. The van der Waals surface area contributed by atoms with E-state index in [1.54, 1.807) is 20.3 Å². The Labute approximate surface area is 160 Å². The third-order valence-corrected chi connectivity index (χ3v) is 4.79. The van der Waals surface area contributed by atoms with Crippen molar-refractivity contribution in [2.75, 3.05) is 45.3 Å². The molecule has 1 aliphatic rings. The van der Waals surface area contributed by atoms with Crippen molar-refractivity contribution in [3.05, 3.63) is 59.7 Å². The van der Waals surface area contributed by atoms with E-state index in [1.165, 1.54) is 5.69 Å². The maximum Gasteiger partial charge on any atom is 0.254 e. The number of anilines is 1. The third-order valence-electron chi connectivity index (χ3n) is 4.79. The minimum absolute atomic E-state index is 0.0226. The number of hydrogen-bond donors (Lipinski definition) is 0. The first-order valence-corrected chi connectivity index (χ1v) is 9.16. The summed E-state index contributed by atoms with van der Waals surface area (Å²) in [4.78, 5) is 17.3. The standard InChI is InChI=1S/C22H26N2O3/c1-4-8-17-15-18(16-20(26-2)21(17)27-3)22(25)24-13-11-23(12-14-24)19-9-6-5-7-10-19/h4-10,15-16H,11-14H2,1-3H3/b8-4-. The van der Waals surface area contributed by atoms with Gasteiger partial charge >= 0.3 is 0 Å². The molecule has 0 saturated carbocycles. The van der Waals surface area contributed by atoms with Gasteiger partial charge in [0.15, 0.2) is 11.5 Å². The Balaban J connectivity index is 1.77. The number of amides is 1. The van der Waals surface area contributed by atoms with E-state index < -0.39 is 0 Å². The van der Waals surface area contributed by atoms with Crippen molar-refractivity contribution in [3.63, 3.8) is 0 Å². The number of carbonyl (C=O) groups is 1. The van der Waals surface area contributed by atoms with Crippen LogP contribution in [0.5, 0.6) is 11.5 Å². The lowest BCUT2D eigenvalue weighted by molar-refractivity contribution is 0.0746. The second-order valence-electron chi connectivity index (χ2n) is 6.42. The van der Waals surface area contributed by atoms with Crippen molar-refractivity contribution in [2.45, 2.75) is 6.92 Å². The van der Waals surface area contributed by atoms with Gasteiger partial charge in [-0.25, -0.2) is 0 Å². The van der Waals surface area contributed by atoms with Gasteiger partial charge in [0, 0.05) is 43.0 Å². The van der Waals surface area contributed by atoms with E-state index in [0.717, 1.165) is 18.7 Å². The first-order chi connectivity index (χ1) is 13.2. The van der Waals surface area contributed by atoms with Crippen LogP contribution in [0.1, 0.15) is 22.8 Å². The zero-order valence-electron chi connectivity index (χ0n) is 16.1. The number of allylic oxidation sites excluding steroid dienone is 1. The maximum absolute atomic E-state index is 13.1. The Morgan fingerprint density at radius 1 is 1.00 bits per heavy atom. The highest BCUT2D eigenvalue weighted by molar-refractivity contribution is 5.96. The summed E-state index contributed by atoms with van der Waals surface area (Å²) < 4.78 is 10.9. The second kappa shape index (κ2) is 8.62. The summed E-state index contributed by atoms with van der Waals surface area (Å²) in [7, 11) is 3.19. The molecule has 1 heterocycles. The quantitative estimate of drug-likeness (QED) is 0.809. The topological polar surface area (TPSA) is 42.0 Å². The third kappa shape index (κ3) is 4.08. The number of piperazine rings is 1. The maximum atomic E-state index is 13.1. The van der Waals surface area contributed by atoms with Gasteiger partial charge in [-0.05, 0) is 31.2 Å². The average Bonchev–Trinajstić information content (AvgIpc) is 2.73. The number of hydrogen-bond acceptors (Lipinski definition) is 4. The van der Waals surface area contributed by atoms with Crippen molar-refractivity contribution in [3.8, 4) is 11.5 Å². The van der Waals surface area contributed by atoms with Crippen LogP contribution in [0.2, 0.25) is 0 Å². The molecule has 0 aliphatic carbocycles. The van der Waals surface area contributed by atoms with Gasteiger partial charge in [-0.15, -0.1) is 0 Å². The fraction of sp³-hybridized carbons (Fsp3) is 0.318. The van der Waals surface area contributed by atoms with E-state index in [9.17, 15) is 4.79 Å². The van der Waals surface area contributed by atoms with Crippen LogP contribution in [-0.2, 0) is 0 Å². The van der Waals surface area contributed by atoms with E-state index in [2.05, 4.69) is 17.0 Å². The summed E-state index contributed by atoms with van der Waals surface area (Å²) in [6.45, 7) is 4.97. The van der Waals surface area contributed by atoms with Crippen molar-refractivity contribution < 1.29 is 14.3 Å². The predicted molar refractivity (Wildman–Crippen MR) is 109 cm³/mol. The van der Waals surface area contributed by atoms with E-state index in [-0.39, 0.29) is 5.91 Å². The number of methoxy groups -OCH3 is 2. The number of ether oxygens (including phenoxy) is 2. The number of rotatable bonds is 5. The van der Waals surface area contributed by atoms with Gasteiger partial charge < -0.3 is 19.3 Å². The van der Waals surface area contributed by atoms with Gasteiger partial charge in [-0.2, -0.15) is 0 Å². The summed E-state index contributed by atoms with van der Waals surface area (Å²) >= 11 is 0. The SMILES string of the molecule is C/C=C\c1cc(C(=O)N2CCN(c3ccccc3)CC2)cc(OC)c1OC. The zero-order chi connectivity index (χ0) is 19.2. The highest BCUT2D eigenvalue weighted by Crippen LogP contribution is 2.34. The molecule has 1 saturated heterocycles. The second-order valence-corrected chi connectivity index (χ2v) is 6.42. The molecule has 0 bridgehead atoms. The van der Waals surface area contributed by atoms with E-state index in [1.807, 2.05) is 48.2 Å². The summed E-state index contributed by atoms with van der Waals surface area (Å²) in [6, 6.07) is 13.9. The van der Waals surface area contributed by atoms with Crippen LogP contribution in [0.25, 0.3) is 6.08 Å². The van der Waals surface area contributed by atoms with E-state index >= 15 is 0 Å². The van der Waals surface area contributed by atoms with Crippen molar-refractivity contribution in [2.24, 2.45) is 0 Å². The largest absolute Gasteiger partial charge is 0.493 e. The van der Waals surface area contributed by atoms with Crippen LogP contribution >= 0.6 is 0 Å². The number of nitrogens with zero attached hydrogens (tertiary/aromatic N) is 2. The molecule has 5 heteroatoms. The molecule has 2 aromatic rings. The highest BCUT2D eigenvalue weighted by Gasteiger charge is 2.24. The summed E-state index contributed by atoms with van der Waals surface area (Å²) in [5.41, 5.74) is 2.66. The minimum Gasteiger partial charge on any atom is -0.493 e. The van der Waals surface area contributed by atoms with Gasteiger partial charge in [-0.3, -0.25) is 4.79 Å². The summed E-state index contributed by atoms with van der Waals surface area (Å²) in [5.74, 6) is 1.23. The predicted octanol–water partition coefficient (Wildman–Crippen LogP) is 3.70. The van der Waals surface area contributed by atoms with Gasteiger partial charge in [0.1, 0.15) is 0 Å². The molecule has 0 aromatic heterocycles. The minimum atomic E-state index is 0.0226. The number of para-hydroxylation sites is 1. The fourth-order valence-corrected chi connectivity index (χ4v) is 3.41. The van der Waals surface area contributed by atoms with Crippen molar-refractivity contribution in [1.82, 2.24) is 4.90 Å². The summed E-state index contributed by atoms with van der Waals surface area (Å²) in [5, 5.41) is 0. The van der Waals surface area contributed by atoms with Gasteiger partial charge in [0.05, 0.1) is 14.2 Å². The Bertz CT molecular complexity index is 810. The first-order valence-electron chi connectivity index (χ1n) is 9.16. The Morgan fingerprint density at radius 3 is 2.30 bits per heavy atom. The molecule has 142 valence electrons. The fourth-order valence-electron chi connectivity index (χ4n) is 3.41. The lowest BCUT2D eigenvalue weighted by Crippen LogP contribution is -2.48. The molecule has 5 nitrogen and oxygen atoms in total. The molecule has 0 atom stereocenters. The number of benzene rings is 2. The lowest BCUT2D eigenvalue weighted by atomic mass is 10.1. The Hall–Kier alpha value is -2.95. The molecule has 1 fully saturated rings. The molecule has 3 rings (SSSR count). The molecule has 0 radical (unpaired) electrons. The molecule has 0 N–H and O–H groups in total. The van der Waals surface area contributed by atoms with Gasteiger partial charge in [-0.1, -0.05) is 30.4 Å². The van der Waals surface area contributed by atoms with Crippen LogP contribution in [0.15, 0.2) is 48.5 Å². The van der Waals surface area contributed by atoms with Crippen LogP contribution in [0.3, 0.4) is 0 Å². The molecule has 1 amide bonds. The zero-order valence-corrected chi connectivity index (χ0v) is 16.1. The normalized spacial score (nSPS) is 14.5. The molecule has 0 unspecified atom stereocenters. The first kappa shape index (κ1) is 18.8. The van der Waals surface area contributed by atoms with Crippen molar-refractivity contribution >= 4 is 17.7 Å². The van der Waals surface area contributed by atoms with Gasteiger partial charge in [0.25, 0.3) is 5.91 Å². The molecular formula is C22H26N2O3. The molecule has 1 aliphatic heterocycles. The van der Waals surface area contributed by atoms with Crippen LogP contribution in [-0.4, -0.2) is 51.2 Å². The van der Waals surface area contributed by atoms with Crippen molar-refractivity contribution in [1.29, 1.82) is 0 Å².